The molecule has 4 rings (SSSR count). The molecular weight excluding hydrogens is 459 g/mol. The number of hydrogen-bond acceptors (Lipinski definition) is 6. The second-order valence-electron chi connectivity index (χ2n) is 12.2. The molecule has 2 atom stereocenters. The Hall–Kier alpha value is -2.10. The minimum Gasteiger partial charge on any atom is -0.449 e. The average molecular weight is 498 g/mol. The molecule has 0 bridgehead atoms. The van der Waals surface area contributed by atoms with Crippen LogP contribution in [0.4, 0.5) is 23.9 Å². The average Bonchev–Trinajstić information content (AvgIpc) is 2.69. The predicted octanol–water partition coefficient (Wildman–Crippen LogP) is 4.68. The minimum atomic E-state index is -4.47. The number of carbonyl (C=O) groups excluding carboxylic acids is 1. The van der Waals surface area contributed by atoms with E-state index in [-0.39, 0.29) is 24.1 Å². The molecule has 35 heavy (non-hydrogen) atoms. The maximum Gasteiger partial charge on any atom is 0.419 e. The summed E-state index contributed by atoms with van der Waals surface area (Å²) in [5.41, 5.74) is -0.0752. The molecule has 3 heterocycles. The fraction of sp³-hybridized carbons (Fsp3) is 0.800. The van der Waals surface area contributed by atoms with Crippen molar-refractivity contribution in [2.45, 2.75) is 72.1 Å². The van der Waals surface area contributed by atoms with E-state index in [1.807, 2.05) is 18.7 Å². The van der Waals surface area contributed by atoms with Gasteiger partial charge < -0.3 is 14.5 Å². The Labute approximate surface area is 206 Å². The van der Waals surface area contributed by atoms with Crippen molar-refractivity contribution in [3.05, 3.63) is 18.0 Å². The highest BCUT2D eigenvalue weighted by Gasteiger charge is 2.52. The third-order valence-electron chi connectivity index (χ3n) is 7.56. The number of likely N-dealkylation sites (tertiary alicyclic amines) is 1. The van der Waals surface area contributed by atoms with Gasteiger partial charge in [0.05, 0.1) is 24.3 Å². The van der Waals surface area contributed by atoms with Gasteiger partial charge in [0.15, 0.2) is 0 Å². The molecule has 3 fully saturated rings. The summed E-state index contributed by atoms with van der Waals surface area (Å²) in [5.74, 6) is 0.665. The first-order chi connectivity index (χ1) is 16.2. The molecule has 1 spiro atoms. The van der Waals surface area contributed by atoms with Crippen LogP contribution < -0.4 is 4.90 Å². The number of carbonyl (C=O) groups is 1. The highest BCUT2D eigenvalue weighted by Crippen LogP contribution is 2.52. The Bertz CT molecular complexity index is 876. The van der Waals surface area contributed by atoms with Gasteiger partial charge in [0, 0.05) is 38.6 Å². The second-order valence-corrected chi connectivity index (χ2v) is 12.2. The summed E-state index contributed by atoms with van der Waals surface area (Å²) in [6.45, 7) is 15.4. The molecule has 0 aromatic carbocycles. The van der Waals surface area contributed by atoms with Crippen LogP contribution in [0.1, 0.15) is 59.4 Å². The van der Waals surface area contributed by atoms with Crippen LogP contribution in [-0.4, -0.2) is 77.3 Å². The quantitative estimate of drug-likeness (QED) is 0.589. The van der Waals surface area contributed by atoms with Crippen molar-refractivity contribution >= 4 is 12.0 Å². The Kier molecular flexibility index (Phi) is 6.98. The number of rotatable bonds is 5. The number of amides is 1. The lowest BCUT2D eigenvalue weighted by molar-refractivity contribution is -0.138. The summed E-state index contributed by atoms with van der Waals surface area (Å²) in [5, 5.41) is 0. The van der Waals surface area contributed by atoms with Crippen LogP contribution in [0, 0.1) is 16.7 Å². The van der Waals surface area contributed by atoms with Crippen LogP contribution >= 0.6 is 0 Å². The van der Waals surface area contributed by atoms with Gasteiger partial charge in [0.1, 0.15) is 0 Å². The number of hydrogen-bond donors (Lipinski definition) is 0. The molecule has 3 aliphatic rings. The number of anilines is 1. The molecule has 1 aromatic rings. The van der Waals surface area contributed by atoms with Gasteiger partial charge in [-0.1, -0.05) is 20.8 Å². The van der Waals surface area contributed by atoms with E-state index in [1.54, 1.807) is 4.90 Å². The molecule has 10 heteroatoms. The molecule has 0 radical (unpaired) electrons. The number of piperazine rings is 1. The lowest BCUT2D eigenvalue weighted by Gasteiger charge is -2.59. The van der Waals surface area contributed by atoms with E-state index in [4.69, 9.17) is 4.74 Å². The predicted molar refractivity (Wildman–Crippen MR) is 127 cm³/mol. The summed E-state index contributed by atoms with van der Waals surface area (Å²) >= 11 is 0. The van der Waals surface area contributed by atoms with Crippen molar-refractivity contribution in [2.75, 3.05) is 44.2 Å². The maximum absolute atomic E-state index is 12.9. The standard InChI is InChI=1S/C25H38F3N5O2/c1-17-12-32(21-29-10-20(11-30-21)25(26,27)28)13-18(2)33(17)22(34)35-14-19-8-24(9-19)15-31(16-24)7-6-23(3,4)5/h10-11,17-19H,6-9,12-16H2,1-5H3/t17-,18+. The Morgan fingerprint density at radius 2 is 1.66 bits per heavy atom. The summed E-state index contributed by atoms with van der Waals surface area (Å²) in [7, 11) is 0. The van der Waals surface area contributed by atoms with Crippen molar-refractivity contribution < 1.29 is 22.7 Å². The third kappa shape index (κ3) is 6.01. The monoisotopic (exact) mass is 497 g/mol. The number of aromatic nitrogens is 2. The molecule has 0 unspecified atom stereocenters. The minimum absolute atomic E-state index is 0.173. The van der Waals surface area contributed by atoms with E-state index in [2.05, 4.69) is 35.6 Å². The zero-order valence-corrected chi connectivity index (χ0v) is 21.4. The normalized spacial score (nSPS) is 25.4. The first-order valence-electron chi connectivity index (χ1n) is 12.6. The number of halogens is 3. The lowest BCUT2D eigenvalue weighted by Crippen LogP contribution is -2.63. The van der Waals surface area contributed by atoms with Crippen molar-refractivity contribution in [3.63, 3.8) is 0 Å². The Balaban J connectivity index is 1.20. The van der Waals surface area contributed by atoms with E-state index < -0.39 is 11.7 Å². The molecular formula is C25H38F3N5O2. The van der Waals surface area contributed by atoms with E-state index in [0.717, 1.165) is 44.9 Å². The van der Waals surface area contributed by atoms with Crippen molar-refractivity contribution in [1.82, 2.24) is 19.8 Å². The van der Waals surface area contributed by atoms with Gasteiger partial charge >= 0.3 is 12.3 Å². The second kappa shape index (κ2) is 9.41. The fourth-order valence-electron chi connectivity index (χ4n) is 5.84. The van der Waals surface area contributed by atoms with Crippen molar-refractivity contribution in [3.8, 4) is 0 Å². The zero-order chi connectivity index (χ0) is 25.6. The van der Waals surface area contributed by atoms with Crippen LogP contribution in [0.2, 0.25) is 0 Å². The molecule has 1 aromatic heterocycles. The van der Waals surface area contributed by atoms with Gasteiger partial charge in [-0.05, 0) is 56.4 Å². The molecule has 1 saturated carbocycles. The fourth-order valence-corrected chi connectivity index (χ4v) is 5.84. The van der Waals surface area contributed by atoms with E-state index in [0.29, 0.717) is 36.4 Å². The highest BCUT2D eigenvalue weighted by molar-refractivity contribution is 5.69. The third-order valence-corrected chi connectivity index (χ3v) is 7.56. The van der Waals surface area contributed by atoms with E-state index in [1.165, 1.54) is 6.42 Å². The number of nitrogens with zero attached hydrogens (tertiary/aromatic N) is 5. The molecule has 0 N–H and O–H groups in total. The molecule has 196 valence electrons. The molecule has 1 amide bonds. The van der Waals surface area contributed by atoms with Crippen LogP contribution in [0.15, 0.2) is 12.4 Å². The van der Waals surface area contributed by atoms with Gasteiger partial charge in [-0.2, -0.15) is 13.2 Å². The van der Waals surface area contributed by atoms with Gasteiger partial charge in [-0.25, -0.2) is 14.8 Å². The number of alkyl halides is 3. The summed E-state index contributed by atoms with van der Waals surface area (Å²) in [6, 6.07) is -0.347. The smallest absolute Gasteiger partial charge is 0.419 e. The van der Waals surface area contributed by atoms with E-state index >= 15 is 0 Å². The van der Waals surface area contributed by atoms with Gasteiger partial charge in [-0.15, -0.1) is 0 Å². The van der Waals surface area contributed by atoms with Crippen LogP contribution in [-0.2, 0) is 10.9 Å². The first-order valence-corrected chi connectivity index (χ1v) is 12.6. The summed E-state index contributed by atoms with van der Waals surface area (Å²) in [6.07, 6.45) is 0.266. The topological polar surface area (TPSA) is 61.8 Å². The van der Waals surface area contributed by atoms with Gasteiger partial charge in [0.2, 0.25) is 5.95 Å². The van der Waals surface area contributed by atoms with Crippen LogP contribution in [0.3, 0.4) is 0 Å². The Morgan fingerprint density at radius 3 is 2.17 bits per heavy atom. The van der Waals surface area contributed by atoms with Gasteiger partial charge in [-0.3, -0.25) is 4.90 Å². The highest BCUT2D eigenvalue weighted by atomic mass is 19.4. The van der Waals surface area contributed by atoms with Crippen LogP contribution in [0.25, 0.3) is 0 Å². The lowest BCUT2D eigenvalue weighted by atomic mass is 9.58. The van der Waals surface area contributed by atoms with Crippen molar-refractivity contribution in [2.24, 2.45) is 16.7 Å². The van der Waals surface area contributed by atoms with E-state index in [9.17, 15) is 18.0 Å². The molecule has 1 aliphatic carbocycles. The SMILES string of the molecule is C[C@@H]1CN(c2ncc(C(F)(F)F)cn2)C[C@H](C)N1C(=O)OCC1CC2(C1)CN(CCC(C)(C)C)C2. The molecule has 2 saturated heterocycles. The van der Waals surface area contributed by atoms with Crippen molar-refractivity contribution in [1.29, 1.82) is 0 Å². The molecule has 2 aliphatic heterocycles. The summed E-state index contributed by atoms with van der Waals surface area (Å²) in [4.78, 5) is 26.7. The first kappa shape index (κ1) is 26.0. The van der Waals surface area contributed by atoms with Gasteiger partial charge in [0.25, 0.3) is 0 Å². The number of ether oxygens (including phenoxy) is 1. The maximum atomic E-state index is 12.9. The Morgan fingerprint density at radius 1 is 1.09 bits per heavy atom. The molecule has 7 nitrogen and oxygen atoms in total. The zero-order valence-electron chi connectivity index (χ0n) is 21.4. The van der Waals surface area contributed by atoms with Crippen LogP contribution in [0.5, 0.6) is 0 Å². The summed E-state index contributed by atoms with van der Waals surface area (Å²) < 4.78 is 44.1. The largest absolute Gasteiger partial charge is 0.449 e.